The lowest BCUT2D eigenvalue weighted by Gasteiger charge is -2.15. The van der Waals surface area contributed by atoms with Gasteiger partial charge >= 0.3 is 0 Å². The van der Waals surface area contributed by atoms with Crippen molar-refractivity contribution >= 4 is 59.0 Å². The largest absolute Gasteiger partial charge is 0.316 e. The van der Waals surface area contributed by atoms with Crippen LogP contribution in [0.4, 0.5) is 5.82 Å². The average Bonchev–Trinajstić information content (AvgIpc) is 3.62. The SMILES string of the molecule is Cn1cc(-c2nc(NSC3(C)CC3)ccc2C2CC2)c2ccn(SI)c2c1=O. The summed E-state index contributed by atoms with van der Waals surface area (Å²) in [5, 5.41) is 0.973. The predicted octanol–water partition coefficient (Wildman–Crippen LogP) is 5.74. The molecule has 1 N–H and O–H groups in total. The maximum Gasteiger partial charge on any atom is 0.275 e. The molecule has 2 fully saturated rings. The molecule has 0 radical (unpaired) electrons. The van der Waals surface area contributed by atoms with Crippen LogP contribution in [0.3, 0.4) is 0 Å². The zero-order chi connectivity index (χ0) is 19.5. The molecule has 146 valence electrons. The summed E-state index contributed by atoms with van der Waals surface area (Å²) in [6.45, 7) is 2.28. The van der Waals surface area contributed by atoms with Gasteiger partial charge in [0.1, 0.15) is 11.3 Å². The normalized spacial score (nSPS) is 17.8. The van der Waals surface area contributed by atoms with E-state index in [-0.39, 0.29) is 5.56 Å². The lowest BCUT2D eigenvalue weighted by atomic mass is 10.0. The van der Waals surface area contributed by atoms with Gasteiger partial charge in [0.05, 0.1) is 5.69 Å². The van der Waals surface area contributed by atoms with Crippen LogP contribution in [0.1, 0.15) is 44.1 Å². The van der Waals surface area contributed by atoms with Crippen LogP contribution in [0, 0.1) is 0 Å². The van der Waals surface area contributed by atoms with Crippen molar-refractivity contribution in [3.05, 3.63) is 46.5 Å². The molecule has 5 nitrogen and oxygen atoms in total. The third-order valence-corrected chi connectivity index (χ3v) is 8.56. The second kappa shape index (κ2) is 6.98. The van der Waals surface area contributed by atoms with Crippen LogP contribution in [0.15, 0.2) is 35.4 Å². The number of hydrogen-bond donors (Lipinski definition) is 1. The summed E-state index contributed by atoms with van der Waals surface area (Å²) < 4.78 is 7.42. The van der Waals surface area contributed by atoms with Crippen molar-refractivity contribution in [3.63, 3.8) is 0 Å². The second-order valence-corrected chi connectivity index (χ2v) is 11.1. The average molecular weight is 524 g/mol. The molecule has 3 aromatic heterocycles. The van der Waals surface area contributed by atoms with E-state index in [9.17, 15) is 4.79 Å². The lowest BCUT2D eigenvalue weighted by Crippen LogP contribution is -2.18. The summed E-state index contributed by atoms with van der Waals surface area (Å²) in [4.78, 5) is 17.8. The van der Waals surface area contributed by atoms with Crippen LogP contribution >= 0.6 is 42.3 Å². The molecule has 0 unspecified atom stereocenters. The fraction of sp³-hybridized carbons (Fsp3) is 0.400. The van der Waals surface area contributed by atoms with Crippen molar-refractivity contribution < 1.29 is 0 Å². The highest BCUT2D eigenvalue weighted by atomic mass is 127. The monoisotopic (exact) mass is 524 g/mol. The van der Waals surface area contributed by atoms with Gasteiger partial charge in [-0.2, -0.15) is 0 Å². The van der Waals surface area contributed by atoms with E-state index in [1.54, 1.807) is 16.5 Å². The Morgan fingerprint density at radius 3 is 2.75 bits per heavy atom. The van der Waals surface area contributed by atoms with E-state index in [4.69, 9.17) is 4.98 Å². The summed E-state index contributed by atoms with van der Waals surface area (Å²) in [5.74, 6) is 1.47. The Kier molecular flexibility index (Phi) is 4.71. The Balaban J connectivity index is 1.66. The summed E-state index contributed by atoms with van der Waals surface area (Å²) in [6, 6.07) is 6.36. The van der Waals surface area contributed by atoms with Crippen LogP contribution < -0.4 is 10.3 Å². The maximum absolute atomic E-state index is 12.8. The quantitative estimate of drug-likeness (QED) is 0.329. The number of nitrogens with zero attached hydrogens (tertiary/aromatic N) is 3. The third kappa shape index (κ3) is 3.37. The van der Waals surface area contributed by atoms with Gasteiger partial charge in [0.25, 0.3) is 5.56 Å². The molecule has 0 amide bonds. The van der Waals surface area contributed by atoms with E-state index in [1.807, 2.05) is 29.5 Å². The molecular weight excluding hydrogens is 503 g/mol. The molecule has 0 aliphatic heterocycles. The van der Waals surface area contributed by atoms with Crippen molar-refractivity contribution in [2.24, 2.45) is 7.05 Å². The summed E-state index contributed by atoms with van der Waals surface area (Å²) in [5.41, 5.74) is 4.08. The van der Waals surface area contributed by atoms with Gasteiger partial charge in [-0.25, -0.2) is 4.98 Å². The number of pyridine rings is 2. The van der Waals surface area contributed by atoms with Gasteiger partial charge in [0.15, 0.2) is 0 Å². The minimum Gasteiger partial charge on any atom is -0.316 e. The molecular formula is C20H21IN4OS2. The molecule has 0 bridgehead atoms. The standard InChI is InChI=1S/C20H21IN4OS2/c1-20(8-9-20)27-23-16-6-5-13(12-3-4-12)17(22-16)15-11-24(2)19(26)18-14(15)7-10-25(18)28-21/h5-7,10-12H,3-4,8-9H2,1-2H3,(H,22,23). The second-order valence-electron chi connectivity index (χ2n) is 7.99. The zero-order valence-electron chi connectivity index (χ0n) is 15.7. The third-order valence-electron chi connectivity index (χ3n) is 5.62. The van der Waals surface area contributed by atoms with Crippen LogP contribution in [-0.4, -0.2) is 18.3 Å². The summed E-state index contributed by atoms with van der Waals surface area (Å²) in [7, 11) is 3.34. The van der Waals surface area contributed by atoms with Crippen molar-refractivity contribution in [3.8, 4) is 11.3 Å². The van der Waals surface area contributed by atoms with Crippen molar-refractivity contribution in [1.29, 1.82) is 0 Å². The molecule has 2 aliphatic rings. The van der Waals surface area contributed by atoms with Crippen LogP contribution in [0.2, 0.25) is 0 Å². The van der Waals surface area contributed by atoms with Gasteiger partial charge in [-0.1, -0.05) is 6.07 Å². The Labute approximate surface area is 184 Å². The number of aryl methyl sites for hydroxylation is 1. The first-order chi connectivity index (χ1) is 13.5. The zero-order valence-corrected chi connectivity index (χ0v) is 19.5. The first kappa shape index (κ1) is 18.9. The van der Waals surface area contributed by atoms with E-state index in [0.717, 1.165) is 28.0 Å². The fourth-order valence-corrected chi connectivity index (χ4v) is 5.60. The van der Waals surface area contributed by atoms with Crippen molar-refractivity contribution in [2.45, 2.75) is 43.3 Å². The Bertz CT molecular complexity index is 1130. The predicted molar refractivity (Wildman–Crippen MR) is 128 cm³/mol. The Morgan fingerprint density at radius 2 is 2.07 bits per heavy atom. The van der Waals surface area contributed by atoms with Gasteiger partial charge in [0, 0.05) is 65.5 Å². The smallest absolute Gasteiger partial charge is 0.275 e. The highest BCUT2D eigenvalue weighted by Crippen LogP contribution is 2.48. The van der Waals surface area contributed by atoms with Crippen LogP contribution in [-0.2, 0) is 7.05 Å². The highest BCUT2D eigenvalue weighted by Gasteiger charge is 2.38. The van der Waals surface area contributed by atoms with E-state index in [1.165, 1.54) is 40.4 Å². The number of fused-ring (bicyclic) bond motifs is 1. The number of anilines is 1. The van der Waals surface area contributed by atoms with Crippen LogP contribution in [0.25, 0.3) is 22.2 Å². The fourth-order valence-electron chi connectivity index (χ4n) is 3.50. The Hall–Kier alpha value is -1.13. The number of nitrogens with one attached hydrogen (secondary N) is 1. The topological polar surface area (TPSA) is 51.9 Å². The molecule has 5 rings (SSSR count). The highest BCUT2D eigenvalue weighted by molar-refractivity contribution is 14.2. The van der Waals surface area contributed by atoms with Crippen molar-refractivity contribution in [1.82, 2.24) is 13.5 Å². The van der Waals surface area contributed by atoms with Crippen molar-refractivity contribution in [2.75, 3.05) is 4.72 Å². The molecule has 2 saturated carbocycles. The first-order valence-corrected chi connectivity index (χ1v) is 13.6. The molecule has 0 spiro atoms. The summed E-state index contributed by atoms with van der Waals surface area (Å²) >= 11 is 3.99. The molecule has 2 aliphatic carbocycles. The van der Waals surface area contributed by atoms with E-state index in [0.29, 0.717) is 10.7 Å². The maximum atomic E-state index is 12.8. The van der Waals surface area contributed by atoms with Gasteiger partial charge in [-0.3, -0.25) is 8.77 Å². The molecule has 3 heterocycles. The Morgan fingerprint density at radius 1 is 1.29 bits per heavy atom. The number of rotatable bonds is 6. The molecule has 3 aromatic rings. The molecule has 0 aromatic carbocycles. The first-order valence-electron chi connectivity index (χ1n) is 9.44. The minimum atomic E-state index is 0.0207. The number of halogens is 1. The number of aromatic nitrogens is 3. The lowest BCUT2D eigenvalue weighted by molar-refractivity contribution is 0.869. The van der Waals surface area contributed by atoms with Gasteiger partial charge in [-0.15, -0.1) is 0 Å². The summed E-state index contributed by atoms with van der Waals surface area (Å²) in [6.07, 6.45) is 8.85. The van der Waals surface area contributed by atoms with E-state index >= 15 is 0 Å². The van der Waals surface area contributed by atoms with Crippen LogP contribution in [0.5, 0.6) is 0 Å². The van der Waals surface area contributed by atoms with Gasteiger partial charge in [0.2, 0.25) is 0 Å². The molecule has 0 saturated heterocycles. The van der Waals surface area contributed by atoms with E-state index in [2.05, 4.69) is 45.0 Å². The number of hydrogen-bond acceptors (Lipinski definition) is 5. The van der Waals surface area contributed by atoms with Gasteiger partial charge < -0.3 is 9.29 Å². The molecule has 28 heavy (non-hydrogen) atoms. The van der Waals surface area contributed by atoms with Gasteiger partial charge in [-0.05, 0) is 68.2 Å². The molecule has 8 heteroatoms. The van der Waals surface area contributed by atoms with E-state index < -0.39 is 0 Å². The minimum absolute atomic E-state index is 0.0207. The molecule has 0 atom stereocenters.